The maximum atomic E-state index is 13.4. The average Bonchev–Trinajstić information content (AvgIpc) is 2.63. The minimum Gasteiger partial charge on any atom is -0.481 e. The molecule has 26 heavy (non-hydrogen) atoms. The Kier molecular flexibility index (Phi) is 5.43. The molecule has 0 heterocycles. The van der Waals surface area contributed by atoms with Crippen LogP contribution < -0.4 is 15.4 Å². The van der Waals surface area contributed by atoms with Crippen molar-refractivity contribution in [2.24, 2.45) is 0 Å². The van der Waals surface area contributed by atoms with E-state index in [-0.39, 0.29) is 12.4 Å². The molecule has 0 radical (unpaired) electrons. The maximum absolute atomic E-state index is 13.4. The summed E-state index contributed by atoms with van der Waals surface area (Å²) in [5, 5.41) is 5.88. The van der Waals surface area contributed by atoms with E-state index < -0.39 is 17.5 Å². The standard InChI is InChI=1S/C20H16F2N2O2/c21-14-6-11-19(18(22)12-14)26-13-20(25)24-17-9-7-16(8-10-17)23-15-4-2-1-3-5-15/h1-12,23H,13H2,(H,24,25). The van der Waals surface area contributed by atoms with Crippen molar-refractivity contribution in [2.75, 3.05) is 17.2 Å². The van der Waals surface area contributed by atoms with E-state index in [4.69, 9.17) is 4.74 Å². The summed E-state index contributed by atoms with van der Waals surface area (Å²) in [4.78, 5) is 11.9. The zero-order valence-electron chi connectivity index (χ0n) is 13.7. The molecule has 4 nitrogen and oxygen atoms in total. The van der Waals surface area contributed by atoms with Gasteiger partial charge in [-0.3, -0.25) is 4.79 Å². The number of rotatable bonds is 6. The smallest absolute Gasteiger partial charge is 0.262 e. The number of hydrogen-bond donors (Lipinski definition) is 2. The van der Waals surface area contributed by atoms with Crippen LogP contribution in [0.25, 0.3) is 0 Å². The lowest BCUT2D eigenvalue weighted by Crippen LogP contribution is -2.20. The second kappa shape index (κ2) is 8.11. The molecule has 0 saturated carbocycles. The number of para-hydroxylation sites is 1. The van der Waals surface area contributed by atoms with Crippen LogP contribution in [0.3, 0.4) is 0 Å². The molecule has 0 spiro atoms. The molecule has 0 aromatic heterocycles. The molecule has 132 valence electrons. The third-order valence-electron chi connectivity index (χ3n) is 3.48. The van der Waals surface area contributed by atoms with Crippen molar-refractivity contribution in [1.29, 1.82) is 0 Å². The minimum absolute atomic E-state index is 0.177. The first-order chi connectivity index (χ1) is 12.6. The fourth-order valence-corrected chi connectivity index (χ4v) is 2.26. The normalized spacial score (nSPS) is 10.2. The SMILES string of the molecule is O=C(COc1ccc(F)cc1F)Nc1ccc(Nc2ccccc2)cc1. The number of ether oxygens (including phenoxy) is 1. The molecule has 3 aromatic carbocycles. The Labute approximate surface area is 149 Å². The van der Waals surface area contributed by atoms with Crippen molar-refractivity contribution in [3.05, 3.63) is 84.4 Å². The first kappa shape index (κ1) is 17.4. The third kappa shape index (κ3) is 4.80. The largest absolute Gasteiger partial charge is 0.481 e. The van der Waals surface area contributed by atoms with E-state index in [0.717, 1.165) is 23.5 Å². The summed E-state index contributed by atoms with van der Waals surface area (Å²) in [6.07, 6.45) is 0. The molecule has 3 rings (SSSR count). The van der Waals surface area contributed by atoms with Gasteiger partial charge in [0.1, 0.15) is 5.82 Å². The van der Waals surface area contributed by atoms with Gasteiger partial charge in [0, 0.05) is 23.1 Å². The lowest BCUT2D eigenvalue weighted by Gasteiger charge is -2.10. The molecule has 0 saturated heterocycles. The monoisotopic (exact) mass is 354 g/mol. The van der Waals surface area contributed by atoms with Crippen LogP contribution in [-0.4, -0.2) is 12.5 Å². The number of hydrogen-bond acceptors (Lipinski definition) is 3. The van der Waals surface area contributed by atoms with Crippen LogP contribution in [0.4, 0.5) is 25.8 Å². The van der Waals surface area contributed by atoms with Gasteiger partial charge in [-0.2, -0.15) is 0 Å². The van der Waals surface area contributed by atoms with Crippen LogP contribution in [-0.2, 0) is 4.79 Å². The summed E-state index contributed by atoms with van der Waals surface area (Å²) >= 11 is 0. The number of amides is 1. The highest BCUT2D eigenvalue weighted by Crippen LogP contribution is 2.19. The molecular weight excluding hydrogens is 338 g/mol. The molecule has 0 bridgehead atoms. The zero-order chi connectivity index (χ0) is 18.4. The Balaban J connectivity index is 1.52. The van der Waals surface area contributed by atoms with Crippen LogP contribution in [0.2, 0.25) is 0 Å². The van der Waals surface area contributed by atoms with Gasteiger partial charge in [-0.1, -0.05) is 18.2 Å². The molecule has 0 atom stereocenters. The molecule has 0 fully saturated rings. The van der Waals surface area contributed by atoms with Crippen LogP contribution in [0.15, 0.2) is 72.8 Å². The molecule has 0 aliphatic heterocycles. The summed E-state index contributed by atoms with van der Waals surface area (Å²) in [6.45, 7) is -0.382. The molecule has 0 aliphatic rings. The number of anilines is 3. The van der Waals surface area contributed by atoms with Crippen molar-refractivity contribution in [1.82, 2.24) is 0 Å². The molecule has 1 amide bonds. The van der Waals surface area contributed by atoms with Crippen LogP contribution in [0, 0.1) is 11.6 Å². The maximum Gasteiger partial charge on any atom is 0.262 e. The van der Waals surface area contributed by atoms with E-state index in [1.165, 1.54) is 0 Å². The Morgan fingerprint density at radius 1 is 0.846 bits per heavy atom. The van der Waals surface area contributed by atoms with Gasteiger partial charge in [0.15, 0.2) is 18.2 Å². The van der Waals surface area contributed by atoms with E-state index in [2.05, 4.69) is 10.6 Å². The van der Waals surface area contributed by atoms with Gasteiger partial charge >= 0.3 is 0 Å². The lowest BCUT2D eigenvalue weighted by atomic mass is 10.2. The van der Waals surface area contributed by atoms with E-state index in [1.807, 2.05) is 42.5 Å². The van der Waals surface area contributed by atoms with Gasteiger partial charge in [0.2, 0.25) is 0 Å². The second-order valence-electron chi connectivity index (χ2n) is 5.48. The van der Waals surface area contributed by atoms with Crippen molar-refractivity contribution >= 4 is 23.0 Å². The second-order valence-corrected chi connectivity index (χ2v) is 5.48. The molecule has 2 N–H and O–H groups in total. The van der Waals surface area contributed by atoms with Crippen molar-refractivity contribution in [3.8, 4) is 5.75 Å². The molecule has 0 aliphatic carbocycles. The van der Waals surface area contributed by atoms with Crippen LogP contribution in [0.5, 0.6) is 5.75 Å². The fourth-order valence-electron chi connectivity index (χ4n) is 2.26. The topological polar surface area (TPSA) is 50.4 Å². The van der Waals surface area contributed by atoms with Gasteiger partial charge in [0.05, 0.1) is 0 Å². The quantitative estimate of drug-likeness (QED) is 0.673. The van der Waals surface area contributed by atoms with Gasteiger partial charge in [0.25, 0.3) is 5.91 Å². The van der Waals surface area contributed by atoms with Crippen molar-refractivity contribution in [2.45, 2.75) is 0 Å². The average molecular weight is 354 g/mol. The number of carbonyl (C=O) groups is 1. The summed E-state index contributed by atoms with van der Waals surface area (Å²) in [7, 11) is 0. The Hall–Kier alpha value is -3.41. The summed E-state index contributed by atoms with van der Waals surface area (Å²) in [5.74, 6) is -2.18. The van der Waals surface area contributed by atoms with Crippen LogP contribution >= 0.6 is 0 Å². The number of halogens is 2. The molecule has 3 aromatic rings. The van der Waals surface area contributed by atoms with Gasteiger partial charge in [-0.25, -0.2) is 8.78 Å². The van der Waals surface area contributed by atoms with Gasteiger partial charge in [-0.15, -0.1) is 0 Å². The summed E-state index contributed by atoms with van der Waals surface area (Å²) in [6, 6.07) is 19.7. The Morgan fingerprint density at radius 2 is 1.50 bits per heavy atom. The number of carbonyl (C=O) groups excluding carboxylic acids is 1. The number of nitrogens with one attached hydrogen (secondary N) is 2. The highest BCUT2D eigenvalue weighted by molar-refractivity contribution is 5.92. The highest BCUT2D eigenvalue weighted by atomic mass is 19.1. The van der Waals surface area contributed by atoms with E-state index >= 15 is 0 Å². The Bertz CT molecular complexity index is 884. The predicted molar refractivity (Wildman–Crippen MR) is 96.6 cm³/mol. The van der Waals surface area contributed by atoms with E-state index in [1.54, 1.807) is 12.1 Å². The van der Waals surface area contributed by atoms with E-state index in [0.29, 0.717) is 11.8 Å². The molecular formula is C20H16F2N2O2. The van der Waals surface area contributed by atoms with Crippen molar-refractivity contribution < 1.29 is 18.3 Å². The fraction of sp³-hybridized carbons (Fsp3) is 0.0500. The Morgan fingerprint density at radius 3 is 2.19 bits per heavy atom. The minimum atomic E-state index is -0.853. The van der Waals surface area contributed by atoms with Crippen molar-refractivity contribution in [3.63, 3.8) is 0 Å². The molecule has 6 heteroatoms. The lowest BCUT2D eigenvalue weighted by molar-refractivity contribution is -0.118. The van der Waals surface area contributed by atoms with Gasteiger partial charge < -0.3 is 15.4 Å². The van der Waals surface area contributed by atoms with E-state index in [9.17, 15) is 13.6 Å². The van der Waals surface area contributed by atoms with Gasteiger partial charge in [-0.05, 0) is 48.5 Å². The summed E-state index contributed by atoms with van der Waals surface area (Å²) in [5.41, 5.74) is 2.41. The van der Waals surface area contributed by atoms with Crippen LogP contribution in [0.1, 0.15) is 0 Å². The highest BCUT2D eigenvalue weighted by Gasteiger charge is 2.08. The third-order valence-corrected chi connectivity index (χ3v) is 3.48. The predicted octanol–water partition coefficient (Wildman–Crippen LogP) is 4.73. The first-order valence-corrected chi connectivity index (χ1v) is 7.90. The summed E-state index contributed by atoms with van der Waals surface area (Å²) < 4.78 is 31.3. The number of benzene rings is 3. The zero-order valence-corrected chi connectivity index (χ0v) is 13.7. The first-order valence-electron chi connectivity index (χ1n) is 7.90. The molecule has 0 unspecified atom stereocenters.